The Labute approximate surface area is 105 Å². The summed E-state index contributed by atoms with van der Waals surface area (Å²) in [7, 11) is 0. The number of nitrogens with one attached hydrogen (secondary N) is 1. The molecule has 0 spiro atoms. The van der Waals surface area contributed by atoms with Gasteiger partial charge in [0, 0.05) is 18.4 Å². The molecule has 1 fully saturated rings. The van der Waals surface area contributed by atoms with E-state index in [2.05, 4.69) is 29.4 Å². The lowest BCUT2D eigenvalue weighted by molar-refractivity contribution is 0.346. The molecule has 1 aliphatic rings. The quantitative estimate of drug-likeness (QED) is 0.815. The van der Waals surface area contributed by atoms with Crippen LogP contribution in [0.2, 0.25) is 0 Å². The van der Waals surface area contributed by atoms with E-state index in [0.717, 1.165) is 18.5 Å². The number of aryl methyl sites for hydroxylation is 1. The van der Waals surface area contributed by atoms with Crippen molar-refractivity contribution in [2.45, 2.75) is 51.5 Å². The van der Waals surface area contributed by atoms with Gasteiger partial charge in [-0.1, -0.05) is 19.8 Å². The lowest BCUT2D eigenvalue weighted by Gasteiger charge is -2.24. The Kier molecular flexibility index (Phi) is 4.99. The minimum absolute atomic E-state index is 0.718. The molecule has 2 heteroatoms. The highest BCUT2D eigenvalue weighted by Gasteiger charge is 2.23. The van der Waals surface area contributed by atoms with Crippen molar-refractivity contribution >= 4 is 0 Å². The predicted octanol–water partition coefficient (Wildman–Crippen LogP) is 3.18. The zero-order chi connectivity index (χ0) is 11.9. The standard InChI is InChI=1S/C15H24N2/c1-2-17-15(14-5-3-4-6-14)8-7-13-9-11-16-12-10-13/h9-12,14-15,17H,2-8H2,1H3. The zero-order valence-corrected chi connectivity index (χ0v) is 10.9. The van der Waals surface area contributed by atoms with E-state index >= 15 is 0 Å². The molecule has 0 aromatic carbocycles. The fraction of sp³-hybridized carbons (Fsp3) is 0.667. The van der Waals surface area contributed by atoms with Crippen LogP contribution in [-0.2, 0) is 6.42 Å². The van der Waals surface area contributed by atoms with E-state index in [9.17, 15) is 0 Å². The minimum Gasteiger partial charge on any atom is -0.314 e. The van der Waals surface area contributed by atoms with E-state index in [-0.39, 0.29) is 0 Å². The summed E-state index contributed by atoms with van der Waals surface area (Å²) in [6.07, 6.45) is 11.9. The fourth-order valence-electron chi connectivity index (χ4n) is 3.00. The normalized spacial score (nSPS) is 18.4. The Bertz CT molecular complexity index is 304. The molecule has 94 valence electrons. The van der Waals surface area contributed by atoms with Gasteiger partial charge in [0.2, 0.25) is 0 Å². The molecule has 0 saturated heterocycles. The zero-order valence-electron chi connectivity index (χ0n) is 10.9. The van der Waals surface area contributed by atoms with Crippen LogP contribution in [0.5, 0.6) is 0 Å². The van der Waals surface area contributed by atoms with E-state index < -0.39 is 0 Å². The summed E-state index contributed by atoms with van der Waals surface area (Å²) in [6.45, 7) is 3.31. The van der Waals surface area contributed by atoms with Gasteiger partial charge in [-0.2, -0.15) is 0 Å². The van der Waals surface area contributed by atoms with Crippen LogP contribution in [0.15, 0.2) is 24.5 Å². The van der Waals surface area contributed by atoms with E-state index in [1.54, 1.807) is 0 Å². The summed E-state index contributed by atoms with van der Waals surface area (Å²) in [5.41, 5.74) is 1.42. The van der Waals surface area contributed by atoms with Crippen LogP contribution >= 0.6 is 0 Å². The van der Waals surface area contributed by atoms with Gasteiger partial charge in [0.05, 0.1) is 0 Å². The second kappa shape index (κ2) is 6.75. The van der Waals surface area contributed by atoms with Crippen LogP contribution < -0.4 is 5.32 Å². The molecule has 0 radical (unpaired) electrons. The highest BCUT2D eigenvalue weighted by Crippen LogP contribution is 2.29. The van der Waals surface area contributed by atoms with E-state index in [1.807, 2.05) is 12.4 Å². The van der Waals surface area contributed by atoms with E-state index in [1.165, 1.54) is 44.1 Å². The first kappa shape index (κ1) is 12.6. The van der Waals surface area contributed by atoms with Crippen molar-refractivity contribution in [1.82, 2.24) is 10.3 Å². The Morgan fingerprint density at radius 2 is 2.00 bits per heavy atom. The van der Waals surface area contributed by atoms with Crippen molar-refractivity contribution in [2.24, 2.45) is 5.92 Å². The Balaban J connectivity index is 1.84. The Morgan fingerprint density at radius 3 is 2.65 bits per heavy atom. The first-order valence-corrected chi connectivity index (χ1v) is 7.02. The first-order chi connectivity index (χ1) is 8.40. The largest absolute Gasteiger partial charge is 0.314 e. The lowest BCUT2D eigenvalue weighted by Crippen LogP contribution is -2.35. The van der Waals surface area contributed by atoms with Crippen LogP contribution in [-0.4, -0.2) is 17.6 Å². The van der Waals surface area contributed by atoms with E-state index in [0.29, 0.717) is 0 Å². The van der Waals surface area contributed by atoms with Crippen molar-refractivity contribution in [3.05, 3.63) is 30.1 Å². The molecule has 1 saturated carbocycles. The summed E-state index contributed by atoms with van der Waals surface area (Å²) in [4.78, 5) is 4.07. The number of nitrogens with zero attached hydrogens (tertiary/aromatic N) is 1. The summed E-state index contributed by atoms with van der Waals surface area (Å²) < 4.78 is 0. The smallest absolute Gasteiger partial charge is 0.0270 e. The van der Waals surface area contributed by atoms with Gasteiger partial charge in [-0.05, 0) is 55.8 Å². The highest BCUT2D eigenvalue weighted by molar-refractivity contribution is 5.10. The molecule has 1 heterocycles. The molecule has 0 bridgehead atoms. The predicted molar refractivity (Wildman–Crippen MR) is 72.0 cm³/mol. The van der Waals surface area contributed by atoms with Gasteiger partial charge in [0.1, 0.15) is 0 Å². The van der Waals surface area contributed by atoms with E-state index in [4.69, 9.17) is 0 Å². The molecule has 17 heavy (non-hydrogen) atoms. The molecule has 1 atom stereocenters. The average molecular weight is 232 g/mol. The number of hydrogen-bond donors (Lipinski definition) is 1. The van der Waals surface area contributed by atoms with Crippen molar-refractivity contribution in [3.8, 4) is 0 Å². The first-order valence-electron chi connectivity index (χ1n) is 7.02. The molecule has 1 unspecified atom stereocenters. The van der Waals surface area contributed by atoms with Gasteiger partial charge >= 0.3 is 0 Å². The molecule has 2 rings (SSSR count). The summed E-state index contributed by atoms with van der Waals surface area (Å²) in [6, 6.07) is 4.99. The molecule has 0 aliphatic heterocycles. The van der Waals surface area contributed by atoms with Crippen LogP contribution in [0.25, 0.3) is 0 Å². The summed E-state index contributed by atoms with van der Waals surface area (Å²) >= 11 is 0. The van der Waals surface area contributed by atoms with Crippen LogP contribution in [0.3, 0.4) is 0 Å². The molecular weight excluding hydrogens is 208 g/mol. The van der Waals surface area contributed by atoms with Crippen molar-refractivity contribution in [2.75, 3.05) is 6.54 Å². The second-order valence-electron chi connectivity index (χ2n) is 5.10. The number of pyridine rings is 1. The van der Waals surface area contributed by atoms with Gasteiger partial charge in [0.25, 0.3) is 0 Å². The molecular formula is C15H24N2. The third-order valence-corrected chi connectivity index (χ3v) is 3.93. The summed E-state index contributed by atoms with van der Waals surface area (Å²) in [5.74, 6) is 0.914. The number of hydrogen-bond acceptors (Lipinski definition) is 2. The molecule has 1 aliphatic carbocycles. The topological polar surface area (TPSA) is 24.9 Å². The fourth-order valence-corrected chi connectivity index (χ4v) is 3.00. The average Bonchev–Trinajstić information content (AvgIpc) is 2.89. The summed E-state index contributed by atoms with van der Waals surface area (Å²) in [5, 5.41) is 3.68. The molecule has 0 amide bonds. The Hall–Kier alpha value is -0.890. The van der Waals surface area contributed by atoms with Gasteiger partial charge in [-0.25, -0.2) is 0 Å². The van der Waals surface area contributed by atoms with Gasteiger partial charge in [-0.15, -0.1) is 0 Å². The van der Waals surface area contributed by atoms with Crippen molar-refractivity contribution in [3.63, 3.8) is 0 Å². The minimum atomic E-state index is 0.718. The maximum Gasteiger partial charge on any atom is 0.0270 e. The molecule has 1 N–H and O–H groups in total. The number of rotatable bonds is 6. The third kappa shape index (κ3) is 3.81. The van der Waals surface area contributed by atoms with Gasteiger partial charge in [-0.3, -0.25) is 4.98 Å². The van der Waals surface area contributed by atoms with Gasteiger partial charge < -0.3 is 5.32 Å². The van der Waals surface area contributed by atoms with Crippen LogP contribution in [0, 0.1) is 5.92 Å². The van der Waals surface area contributed by atoms with Gasteiger partial charge in [0.15, 0.2) is 0 Å². The second-order valence-corrected chi connectivity index (χ2v) is 5.10. The molecule has 1 aromatic heterocycles. The maximum atomic E-state index is 4.07. The highest BCUT2D eigenvalue weighted by atomic mass is 14.9. The lowest BCUT2D eigenvalue weighted by atomic mass is 9.92. The third-order valence-electron chi connectivity index (χ3n) is 3.93. The Morgan fingerprint density at radius 1 is 1.29 bits per heavy atom. The molecule has 1 aromatic rings. The van der Waals surface area contributed by atoms with Crippen LogP contribution in [0.1, 0.15) is 44.6 Å². The monoisotopic (exact) mass is 232 g/mol. The van der Waals surface area contributed by atoms with Crippen molar-refractivity contribution < 1.29 is 0 Å². The van der Waals surface area contributed by atoms with Crippen molar-refractivity contribution in [1.29, 1.82) is 0 Å². The van der Waals surface area contributed by atoms with Crippen LogP contribution in [0.4, 0.5) is 0 Å². The maximum absolute atomic E-state index is 4.07. The molecule has 2 nitrogen and oxygen atoms in total. The SMILES string of the molecule is CCNC(CCc1ccncc1)C1CCCC1. The number of aromatic nitrogens is 1.